The van der Waals surface area contributed by atoms with Crippen molar-refractivity contribution in [3.8, 4) is 5.75 Å². The number of amides is 1. The number of nitrogens with zero attached hydrogens (tertiary/aromatic N) is 6. The van der Waals surface area contributed by atoms with Gasteiger partial charge in [-0.3, -0.25) is 4.79 Å². The Balaban J connectivity index is 1.44. The Kier molecular flexibility index (Phi) is 6.33. The Morgan fingerprint density at radius 3 is 2.84 bits per heavy atom. The highest BCUT2D eigenvalue weighted by Crippen LogP contribution is 2.35. The second kappa shape index (κ2) is 9.79. The predicted molar refractivity (Wildman–Crippen MR) is 139 cm³/mol. The van der Waals surface area contributed by atoms with E-state index in [1.54, 1.807) is 6.07 Å². The molecule has 1 unspecified atom stereocenters. The van der Waals surface area contributed by atoms with Crippen LogP contribution in [0, 0.1) is 5.82 Å². The molecule has 1 aromatic carbocycles. The maximum Gasteiger partial charge on any atom is 0.258 e. The summed E-state index contributed by atoms with van der Waals surface area (Å²) in [5.74, 6) is 1.51. The van der Waals surface area contributed by atoms with E-state index in [9.17, 15) is 9.18 Å². The lowest BCUT2D eigenvalue weighted by molar-refractivity contribution is 0.0601. The van der Waals surface area contributed by atoms with E-state index in [-0.39, 0.29) is 23.6 Å². The van der Waals surface area contributed by atoms with E-state index in [1.807, 2.05) is 22.5 Å². The zero-order valence-electron chi connectivity index (χ0n) is 21.1. The van der Waals surface area contributed by atoms with E-state index in [0.717, 1.165) is 68.4 Å². The smallest absolute Gasteiger partial charge is 0.258 e. The molecule has 1 atom stereocenters. The van der Waals surface area contributed by atoms with Crippen LogP contribution in [0.25, 0.3) is 5.65 Å². The fourth-order valence-electron chi connectivity index (χ4n) is 5.41. The molecule has 3 aliphatic heterocycles. The summed E-state index contributed by atoms with van der Waals surface area (Å²) in [6.07, 6.45) is 2.65. The van der Waals surface area contributed by atoms with Gasteiger partial charge < -0.3 is 30.5 Å². The fraction of sp³-hybridized carbons (Fsp3) is 0.500. The number of aromatic nitrogens is 3. The second-order valence-electron chi connectivity index (χ2n) is 10.1. The molecule has 0 radical (unpaired) electrons. The first-order valence-corrected chi connectivity index (χ1v) is 13.0. The third kappa shape index (κ3) is 4.57. The van der Waals surface area contributed by atoms with Crippen LogP contribution in [0.15, 0.2) is 30.3 Å². The number of ether oxygens (including phenoxy) is 1. The number of nitrogens with one attached hydrogen (secondary N) is 1. The number of halogens is 1. The summed E-state index contributed by atoms with van der Waals surface area (Å²) in [5.41, 5.74) is 7.81. The Morgan fingerprint density at radius 1 is 1.14 bits per heavy atom. The first-order valence-electron chi connectivity index (χ1n) is 13.0. The average molecular weight is 509 g/mol. The number of likely N-dealkylation sites (N-methyl/N-ethyl adjacent to an activating group) is 1. The summed E-state index contributed by atoms with van der Waals surface area (Å²) in [4.78, 5) is 24.9. The Hall–Kier alpha value is -3.44. The van der Waals surface area contributed by atoms with Crippen LogP contribution in [0.3, 0.4) is 0 Å². The van der Waals surface area contributed by atoms with Crippen molar-refractivity contribution >= 4 is 23.2 Å². The monoisotopic (exact) mass is 508 g/mol. The van der Waals surface area contributed by atoms with Crippen molar-refractivity contribution in [1.29, 1.82) is 0 Å². The molecular formula is C26H33FN8O2. The van der Waals surface area contributed by atoms with Crippen molar-refractivity contribution in [2.45, 2.75) is 31.3 Å². The lowest BCUT2D eigenvalue weighted by atomic mass is 9.98. The number of anilines is 2. The van der Waals surface area contributed by atoms with Gasteiger partial charge in [0.2, 0.25) is 0 Å². The highest BCUT2D eigenvalue weighted by Gasteiger charge is 2.33. The second-order valence-corrected chi connectivity index (χ2v) is 10.1. The number of piperidine rings is 1. The molecule has 3 N–H and O–H groups in total. The van der Waals surface area contributed by atoms with Crippen LogP contribution in [0.1, 0.15) is 41.4 Å². The summed E-state index contributed by atoms with van der Waals surface area (Å²) < 4.78 is 22.1. The topological polar surface area (TPSA) is 104 Å². The third-order valence-electron chi connectivity index (χ3n) is 7.48. The molecule has 1 amide bonds. The van der Waals surface area contributed by atoms with Gasteiger partial charge >= 0.3 is 0 Å². The number of fused-ring (bicyclic) bond motifs is 4. The van der Waals surface area contributed by atoms with Gasteiger partial charge in [0.1, 0.15) is 29.8 Å². The quantitative estimate of drug-likeness (QED) is 0.513. The van der Waals surface area contributed by atoms with Crippen LogP contribution in [-0.2, 0) is 0 Å². The number of hydrogen-bond donors (Lipinski definition) is 2. The van der Waals surface area contributed by atoms with Gasteiger partial charge in [0, 0.05) is 64.5 Å². The molecule has 0 aliphatic carbocycles. The number of carbonyl (C=O) groups excluding carboxylic acids is 1. The van der Waals surface area contributed by atoms with Gasteiger partial charge in [-0.1, -0.05) is 0 Å². The molecule has 6 rings (SSSR count). The van der Waals surface area contributed by atoms with Crippen LogP contribution in [0.2, 0.25) is 0 Å². The highest BCUT2D eigenvalue weighted by molar-refractivity contribution is 5.97. The van der Waals surface area contributed by atoms with Crippen LogP contribution in [0.4, 0.5) is 16.0 Å². The van der Waals surface area contributed by atoms with Gasteiger partial charge in [0.05, 0.1) is 17.3 Å². The maximum absolute atomic E-state index is 14.2. The van der Waals surface area contributed by atoms with E-state index in [4.69, 9.17) is 20.6 Å². The molecule has 0 spiro atoms. The molecule has 2 aromatic heterocycles. The molecular weight excluding hydrogens is 475 g/mol. The van der Waals surface area contributed by atoms with E-state index >= 15 is 0 Å². The summed E-state index contributed by atoms with van der Waals surface area (Å²) in [6, 6.07) is 8.13. The van der Waals surface area contributed by atoms with Gasteiger partial charge in [-0.15, -0.1) is 0 Å². The van der Waals surface area contributed by atoms with Crippen LogP contribution < -0.4 is 25.6 Å². The zero-order chi connectivity index (χ0) is 25.5. The Morgan fingerprint density at radius 2 is 2.00 bits per heavy atom. The molecule has 2 saturated heterocycles. The zero-order valence-corrected chi connectivity index (χ0v) is 21.1. The van der Waals surface area contributed by atoms with E-state index in [0.29, 0.717) is 25.4 Å². The first-order chi connectivity index (χ1) is 18.0. The van der Waals surface area contributed by atoms with Gasteiger partial charge in [0.15, 0.2) is 5.65 Å². The number of rotatable bonds is 1. The van der Waals surface area contributed by atoms with Crippen LogP contribution in [0.5, 0.6) is 5.75 Å². The molecule has 3 aliphatic rings. The SMILES string of the molecule is CN1CCNCCOc2ccc(F)cc2C(=O)N2CCCCC2c2cc3nc(N4CC(N)C4)cc1n3n2. The summed E-state index contributed by atoms with van der Waals surface area (Å²) in [7, 11) is 2.05. The minimum absolute atomic E-state index is 0.162. The normalized spacial score (nSPS) is 21.5. The maximum atomic E-state index is 14.2. The molecule has 2 bridgehead atoms. The fourth-order valence-corrected chi connectivity index (χ4v) is 5.41. The lowest BCUT2D eigenvalue weighted by Gasteiger charge is -2.38. The minimum atomic E-state index is -0.459. The number of carbonyl (C=O) groups is 1. The molecule has 11 heteroatoms. The van der Waals surface area contributed by atoms with Crippen LogP contribution in [-0.4, -0.2) is 84.4 Å². The molecule has 10 nitrogen and oxygen atoms in total. The van der Waals surface area contributed by atoms with Crippen molar-refractivity contribution < 1.29 is 13.9 Å². The molecule has 37 heavy (non-hydrogen) atoms. The van der Waals surface area contributed by atoms with Crippen molar-refractivity contribution in [2.24, 2.45) is 5.73 Å². The third-order valence-corrected chi connectivity index (χ3v) is 7.48. The van der Waals surface area contributed by atoms with Crippen molar-refractivity contribution in [2.75, 3.05) is 62.7 Å². The number of hydrogen-bond acceptors (Lipinski definition) is 8. The van der Waals surface area contributed by atoms with E-state index < -0.39 is 5.82 Å². The van der Waals surface area contributed by atoms with Crippen molar-refractivity contribution in [3.05, 3.63) is 47.4 Å². The van der Waals surface area contributed by atoms with Crippen LogP contribution >= 0.6 is 0 Å². The average Bonchev–Trinajstić information content (AvgIpc) is 3.32. The van der Waals surface area contributed by atoms with Gasteiger partial charge in [-0.25, -0.2) is 9.37 Å². The van der Waals surface area contributed by atoms with E-state index in [1.165, 1.54) is 12.1 Å². The first kappa shape index (κ1) is 23.9. The van der Waals surface area contributed by atoms with E-state index in [2.05, 4.69) is 21.2 Å². The Bertz CT molecular complexity index is 1310. The molecule has 3 aromatic rings. The highest BCUT2D eigenvalue weighted by atomic mass is 19.1. The predicted octanol–water partition coefficient (Wildman–Crippen LogP) is 1.80. The van der Waals surface area contributed by atoms with Crippen molar-refractivity contribution in [3.63, 3.8) is 0 Å². The number of benzene rings is 1. The van der Waals surface area contributed by atoms with Gasteiger partial charge in [-0.2, -0.15) is 9.61 Å². The summed E-state index contributed by atoms with van der Waals surface area (Å²) in [5, 5.41) is 8.36. The lowest BCUT2D eigenvalue weighted by Crippen LogP contribution is -2.56. The molecule has 196 valence electrons. The van der Waals surface area contributed by atoms with Gasteiger partial charge in [-0.05, 0) is 37.5 Å². The molecule has 2 fully saturated rings. The standard InChI is InChI=1S/C26H33FN8O2/c1-32-10-7-29-8-11-37-22-6-5-17(27)12-19(22)26(36)34-9-3-2-4-21(34)20-13-24-30-23(33-15-18(28)16-33)14-25(32)35(24)31-20/h5-6,12-14,18,21,29H,2-4,7-11,15-16,28H2,1H3. The largest absolute Gasteiger partial charge is 0.491 e. The molecule has 5 heterocycles. The number of nitrogens with two attached hydrogens (primary N) is 1. The molecule has 0 saturated carbocycles. The Labute approximate surface area is 215 Å². The minimum Gasteiger partial charge on any atom is -0.491 e. The summed E-state index contributed by atoms with van der Waals surface area (Å²) in [6.45, 7) is 4.58. The van der Waals surface area contributed by atoms with Crippen molar-refractivity contribution in [1.82, 2.24) is 24.8 Å². The summed E-state index contributed by atoms with van der Waals surface area (Å²) >= 11 is 0. The van der Waals surface area contributed by atoms with Gasteiger partial charge in [0.25, 0.3) is 5.91 Å².